The number of nitrogens with zero attached hydrogens (tertiary/aromatic N) is 3. The molecule has 20 heavy (non-hydrogen) atoms. The molecule has 0 saturated heterocycles. The fourth-order valence-corrected chi connectivity index (χ4v) is 2.76. The van der Waals surface area contributed by atoms with E-state index in [1.807, 2.05) is 29.1 Å². The van der Waals surface area contributed by atoms with E-state index in [9.17, 15) is 0 Å². The second kappa shape index (κ2) is 4.72. The first kappa shape index (κ1) is 14.8. The molecular formula is C17H25N3. The third-order valence-corrected chi connectivity index (χ3v) is 3.39. The minimum absolute atomic E-state index is 0.0153. The van der Waals surface area contributed by atoms with Crippen LogP contribution in [-0.2, 0) is 10.8 Å². The third-order valence-electron chi connectivity index (χ3n) is 3.39. The highest BCUT2D eigenvalue weighted by molar-refractivity contribution is 5.41. The van der Waals surface area contributed by atoms with Gasteiger partial charge in [-0.25, -0.2) is 9.67 Å². The molecule has 0 aliphatic carbocycles. The molecule has 0 aliphatic heterocycles. The van der Waals surface area contributed by atoms with Gasteiger partial charge < -0.3 is 0 Å². The standard InChI is InChI=1S/C17H25N3/c1-12-14(16(2,3)4)15(17(5,6)7)20(19-12)13-10-8-9-11-18-13/h8-11H,1-7H3. The molecule has 3 nitrogen and oxygen atoms in total. The molecule has 2 heterocycles. The first-order valence-corrected chi connectivity index (χ1v) is 7.14. The monoisotopic (exact) mass is 271 g/mol. The third kappa shape index (κ3) is 2.62. The van der Waals surface area contributed by atoms with Crippen molar-refractivity contribution in [1.29, 1.82) is 0 Å². The second-order valence-corrected chi connectivity index (χ2v) is 7.41. The van der Waals surface area contributed by atoms with Gasteiger partial charge in [-0.05, 0) is 24.5 Å². The van der Waals surface area contributed by atoms with Crippen LogP contribution in [0.1, 0.15) is 58.5 Å². The van der Waals surface area contributed by atoms with Gasteiger partial charge in [0.05, 0.1) is 11.4 Å². The molecule has 0 aromatic carbocycles. The van der Waals surface area contributed by atoms with Crippen LogP contribution in [0, 0.1) is 6.92 Å². The van der Waals surface area contributed by atoms with Crippen LogP contribution in [0.5, 0.6) is 0 Å². The van der Waals surface area contributed by atoms with Crippen LogP contribution in [0.4, 0.5) is 0 Å². The van der Waals surface area contributed by atoms with Gasteiger partial charge in [-0.3, -0.25) is 0 Å². The summed E-state index contributed by atoms with van der Waals surface area (Å²) < 4.78 is 2.01. The number of aromatic nitrogens is 3. The average Bonchev–Trinajstić information content (AvgIpc) is 2.67. The van der Waals surface area contributed by atoms with E-state index in [0.29, 0.717) is 0 Å². The van der Waals surface area contributed by atoms with E-state index < -0.39 is 0 Å². The van der Waals surface area contributed by atoms with Crippen LogP contribution in [-0.4, -0.2) is 14.8 Å². The van der Waals surface area contributed by atoms with Gasteiger partial charge in [0.15, 0.2) is 5.82 Å². The van der Waals surface area contributed by atoms with Gasteiger partial charge in [0.2, 0.25) is 0 Å². The van der Waals surface area contributed by atoms with Crippen LogP contribution < -0.4 is 0 Å². The number of hydrogen-bond donors (Lipinski definition) is 0. The maximum Gasteiger partial charge on any atom is 0.153 e. The predicted octanol–water partition coefficient (Wildman–Crippen LogP) is 4.17. The Balaban J connectivity index is 2.78. The number of pyridine rings is 1. The van der Waals surface area contributed by atoms with Crippen molar-refractivity contribution in [3.8, 4) is 5.82 Å². The molecule has 0 N–H and O–H groups in total. The Morgan fingerprint density at radius 2 is 1.60 bits per heavy atom. The predicted molar refractivity (Wildman–Crippen MR) is 83.5 cm³/mol. The fraction of sp³-hybridized carbons (Fsp3) is 0.529. The number of hydrogen-bond acceptors (Lipinski definition) is 2. The van der Waals surface area contributed by atoms with E-state index in [1.54, 1.807) is 0 Å². The molecule has 0 aliphatic rings. The van der Waals surface area contributed by atoms with Crippen molar-refractivity contribution in [3.63, 3.8) is 0 Å². The van der Waals surface area contributed by atoms with Crippen molar-refractivity contribution in [2.24, 2.45) is 0 Å². The second-order valence-electron chi connectivity index (χ2n) is 7.41. The Morgan fingerprint density at radius 1 is 0.950 bits per heavy atom. The highest BCUT2D eigenvalue weighted by Gasteiger charge is 2.32. The summed E-state index contributed by atoms with van der Waals surface area (Å²) in [5.74, 6) is 0.885. The molecule has 0 radical (unpaired) electrons. The van der Waals surface area contributed by atoms with E-state index in [2.05, 4.69) is 53.5 Å². The van der Waals surface area contributed by atoms with Crippen molar-refractivity contribution < 1.29 is 0 Å². The van der Waals surface area contributed by atoms with E-state index in [0.717, 1.165) is 11.5 Å². The zero-order valence-electron chi connectivity index (χ0n) is 13.7. The number of aryl methyl sites for hydroxylation is 1. The largest absolute Gasteiger partial charge is 0.237 e. The molecule has 2 aromatic rings. The molecule has 0 bridgehead atoms. The van der Waals surface area contributed by atoms with Gasteiger partial charge in [0, 0.05) is 17.2 Å². The Bertz CT molecular complexity index is 596. The molecule has 0 fully saturated rings. The summed E-state index contributed by atoms with van der Waals surface area (Å²) in [6.07, 6.45) is 1.82. The molecule has 2 aromatic heterocycles. The highest BCUT2D eigenvalue weighted by Crippen LogP contribution is 2.36. The van der Waals surface area contributed by atoms with Crippen molar-refractivity contribution in [2.75, 3.05) is 0 Å². The fourth-order valence-electron chi connectivity index (χ4n) is 2.76. The molecule has 0 saturated carbocycles. The van der Waals surface area contributed by atoms with E-state index in [-0.39, 0.29) is 10.8 Å². The minimum atomic E-state index is 0.0153. The topological polar surface area (TPSA) is 30.7 Å². The zero-order chi connectivity index (χ0) is 15.1. The van der Waals surface area contributed by atoms with E-state index >= 15 is 0 Å². The van der Waals surface area contributed by atoms with Crippen LogP contribution in [0.15, 0.2) is 24.4 Å². The summed E-state index contributed by atoms with van der Waals surface area (Å²) in [5.41, 5.74) is 3.76. The van der Waals surface area contributed by atoms with Crippen molar-refractivity contribution in [1.82, 2.24) is 14.8 Å². The quantitative estimate of drug-likeness (QED) is 0.779. The summed E-state index contributed by atoms with van der Waals surface area (Å²) >= 11 is 0. The Kier molecular flexibility index (Phi) is 3.49. The van der Waals surface area contributed by atoms with Crippen molar-refractivity contribution in [3.05, 3.63) is 41.3 Å². The lowest BCUT2D eigenvalue weighted by Crippen LogP contribution is -2.24. The lowest BCUT2D eigenvalue weighted by atomic mass is 9.78. The highest BCUT2D eigenvalue weighted by atomic mass is 15.3. The number of rotatable bonds is 1. The van der Waals surface area contributed by atoms with Gasteiger partial charge in [0.25, 0.3) is 0 Å². The Morgan fingerprint density at radius 3 is 2.05 bits per heavy atom. The van der Waals surface area contributed by atoms with Gasteiger partial charge in [-0.1, -0.05) is 47.6 Å². The van der Waals surface area contributed by atoms with E-state index in [4.69, 9.17) is 5.10 Å². The first-order chi connectivity index (χ1) is 9.12. The van der Waals surface area contributed by atoms with E-state index in [1.165, 1.54) is 11.3 Å². The SMILES string of the molecule is Cc1nn(-c2ccccn2)c(C(C)(C)C)c1C(C)(C)C. The molecule has 3 heteroatoms. The van der Waals surface area contributed by atoms with Gasteiger partial charge in [-0.2, -0.15) is 5.10 Å². The maximum absolute atomic E-state index is 4.77. The molecule has 108 valence electrons. The normalized spacial score (nSPS) is 12.8. The van der Waals surface area contributed by atoms with Crippen LogP contribution >= 0.6 is 0 Å². The lowest BCUT2D eigenvalue weighted by molar-refractivity contribution is 0.504. The van der Waals surface area contributed by atoms with Crippen LogP contribution in [0.2, 0.25) is 0 Å². The molecule has 0 unspecified atom stereocenters. The van der Waals surface area contributed by atoms with Crippen molar-refractivity contribution in [2.45, 2.75) is 59.3 Å². The summed E-state index contributed by atoms with van der Waals surface area (Å²) in [6, 6.07) is 5.94. The minimum Gasteiger partial charge on any atom is -0.237 e. The Labute approximate surface area is 122 Å². The molecule has 2 rings (SSSR count). The smallest absolute Gasteiger partial charge is 0.153 e. The zero-order valence-corrected chi connectivity index (χ0v) is 13.7. The van der Waals surface area contributed by atoms with Crippen LogP contribution in [0.25, 0.3) is 5.82 Å². The van der Waals surface area contributed by atoms with Crippen molar-refractivity contribution >= 4 is 0 Å². The van der Waals surface area contributed by atoms with Gasteiger partial charge in [-0.15, -0.1) is 0 Å². The van der Waals surface area contributed by atoms with Crippen LogP contribution in [0.3, 0.4) is 0 Å². The van der Waals surface area contributed by atoms with Gasteiger partial charge in [0.1, 0.15) is 0 Å². The molecule has 0 spiro atoms. The maximum atomic E-state index is 4.77. The first-order valence-electron chi connectivity index (χ1n) is 7.14. The molecule has 0 amide bonds. The Hall–Kier alpha value is -1.64. The van der Waals surface area contributed by atoms with Gasteiger partial charge >= 0.3 is 0 Å². The summed E-state index contributed by atoms with van der Waals surface area (Å²) in [7, 11) is 0. The summed E-state index contributed by atoms with van der Waals surface area (Å²) in [6.45, 7) is 15.5. The average molecular weight is 271 g/mol. The molecular weight excluding hydrogens is 246 g/mol. The summed E-state index contributed by atoms with van der Waals surface area (Å²) in [4.78, 5) is 4.46. The summed E-state index contributed by atoms with van der Waals surface area (Å²) in [5, 5.41) is 4.77. The lowest BCUT2D eigenvalue weighted by Gasteiger charge is -2.28. The molecule has 0 atom stereocenters.